The van der Waals surface area contributed by atoms with Gasteiger partial charge in [-0.25, -0.2) is 19.9 Å². The van der Waals surface area contributed by atoms with Crippen molar-refractivity contribution in [3.05, 3.63) is 60.9 Å². The number of nitrogens with two attached hydrogens (primary N) is 2. The molecule has 0 aliphatic carbocycles. The van der Waals surface area contributed by atoms with E-state index in [-0.39, 0.29) is 23.4 Å². The van der Waals surface area contributed by atoms with Crippen molar-refractivity contribution in [2.75, 3.05) is 11.5 Å². The van der Waals surface area contributed by atoms with Gasteiger partial charge in [0.05, 0.1) is 11.0 Å². The Bertz CT molecular complexity index is 1000. The van der Waals surface area contributed by atoms with E-state index in [0.717, 1.165) is 0 Å². The zero-order valence-corrected chi connectivity index (χ0v) is 13.5. The van der Waals surface area contributed by atoms with Crippen molar-refractivity contribution in [3.63, 3.8) is 0 Å². The normalized spacial score (nSPS) is 10.6. The summed E-state index contributed by atoms with van der Waals surface area (Å²) in [7, 11) is 0. The molecule has 0 saturated carbocycles. The van der Waals surface area contributed by atoms with Crippen molar-refractivity contribution in [2.45, 2.75) is 0 Å². The molecule has 0 aliphatic heterocycles. The maximum Gasteiger partial charge on any atom is 0.284 e. The van der Waals surface area contributed by atoms with Crippen molar-refractivity contribution >= 4 is 22.7 Å². The van der Waals surface area contributed by atoms with Crippen molar-refractivity contribution in [2.24, 2.45) is 0 Å². The molecule has 1 aromatic carbocycles. The number of hydrogen-bond acceptors (Lipinski definition) is 8. The first-order valence-corrected chi connectivity index (χ1v) is 7.74. The van der Waals surface area contributed by atoms with E-state index in [0.29, 0.717) is 22.5 Å². The predicted octanol–water partition coefficient (Wildman–Crippen LogP) is 3.17. The van der Waals surface area contributed by atoms with Crippen LogP contribution < -0.4 is 20.9 Å². The quantitative estimate of drug-likeness (QED) is 0.578. The minimum absolute atomic E-state index is 0.145. The number of rotatable bonds is 4. The van der Waals surface area contributed by atoms with Crippen LogP contribution in [0, 0.1) is 0 Å². The summed E-state index contributed by atoms with van der Waals surface area (Å²) in [5, 5.41) is 0. The molecule has 0 radical (unpaired) electrons. The largest absolute Gasteiger partial charge is 0.431 e. The van der Waals surface area contributed by atoms with Gasteiger partial charge in [-0.15, -0.1) is 0 Å². The highest BCUT2D eigenvalue weighted by Crippen LogP contribution is 2.35. The third kappa shape index (κ3) is 3.03. The molecule has 0 bridgehead atoms. The van der Waals surface area contributed by atoms with Crippen LogP contribution in [0.1, 0.15) is 0 Å². The number of para-hydroxylation sites is 2. The molecule has 26 heavy (non-hydrogen) atoms. The number of pyridine rings is 2. The van der Waals surface area contributed by atoms with Gasteiger partial charge in [0.1, 0.15) is 0 Å². The second-order valence-corrected chi connectivity index (χ2v) is 5.30. The Morgan fingerprint density at radius 2 is 1.08 bits per heavy atom. The number of hydrogen-bond donors (Lipinski definition) is 2. The van der Waals surface area contributed by atoms with Gasteiger partial charge < -0.3 is 20.9 Å². The lowest BCUT2D eigenvalue weighted by molar-refractivity contribution is 0.395. The number of ether oxygens (including phenoxy) is 2. The van der Waals surface area contributed by atoms with Gasteiger partial charge in [-0.1, -0.05) is 12.1 Å². The number of nitrogens with zero attached hydrogens (tertiary/aromatic N) is 4. The van der Waals surface area contributed by atoms with E-state index in [1.807, 2.05) is 24.3 Å². The summed E-state index contributed by atoms with van der Waals surface area (Å²) >= 11 is 0. The van der Waals surface area contributed by atoms with E-state index in [1.165, 1.54) is 0 Å². The summed E-state index contributed by atoms with van der Waals surface area (Å²) in [6, 6.07) is 14.1. The Labute approximate surface area is 148 Å². The van der Waals surface area contributed by atoms with E-state index in [4.69, 9.17) is 20.9 Å². The molecule has 0 atom stereocenters. The zero-order valence-electron chi connectivity index (χ0n) is 13.5. The molecule has 0 saturated heterocycles. The zero-order chi connectivity index (χ0) is 17.9. The molecule has 4 N–H and O–H groups in total. The summed E-state index contributed by atoms with van der Waals surface area (Å²) < 4.78 is 11.6. The van der Waals surface area contributed by atoms with E-state index in [9.17, 15) is 0 Å². The van der Waals surface area contributed by atoms with E-state index < -0.39 is 0 Å². The van der Waals surface area contributed by atoms with Crippen LogP contribution in [0.3, 0.4) is 0 Å². The highest BCUT2D eigenvalue weighted by molar-refractivity contribution is 5.75. The Morgan fingerprint density at radius 1 is 0.615 bits per heavy atom. The van der Waals surface area contributed by atoms with Crippen molar-refractivity contribution in [3.8, 4) is 23.3 Å². The van der Waals surface area contributed by atoms with E-state index in [1.54, 1.807) is 36.7 Å². The molecule has 8 heteroatoms. The molecular weight excluding hydrogens is 332 g/mol. The minimum atomic E-state index is 0.145. The van der Waals surface area contributed by atoms with Gasteiger partial charge in [0.15, 0.2) is 23.1 Å². The number of benzene rings is 1. The van der Waals surface area contributed by atoms with Crippen molar-refractivity contribution in [1.29, 1.82) is 0 Å². The van der Waals surface area contributed by atoms with Gasteiger partial charge in [-0.3, -0.25) is 0 Å². The third-order valence-corrected chi connectivity index (χ3v) is 3.52. The van der Waals surface area contributed by atoms with Gasteiger partial charge in [0.2, 0.25) is 0 Å². The van der Waals surface area contributed by atoms with Gasteiger partial charge in [-0.05, 0) is 36.4 Å². The number of fused-ring (bicyclic) bond motifs is 1. The minimum Gasteiger partial charge on any atom is -0.431 e. The van der Waals surface area contributed by atoms with Crippen molar-refractivity contribution < 1.29 is 9.47 Å². The number of anilines is 2. The van der Waals surface area contributed by atoms with Crippen molar-refractivity contribution in [1.82, 2.24) is 19.9 Å². The van der Waals surface area contributed by atoms with E-state index in [2.05, 4.69) is 19.9 Å². The van der Waals surface area contributed by atoms with Gasteiger partial charge in [0, 0.05) is 12.4 Å². The molecule has 3 aromatic heterocycles. The molecule has 3 heterocycles. The standard InChI is InChI=1S/C18H14N6O2/c19-15-13(7-3-9-21-15)25-17-18(26-14-8-4-10-22-16(14)20)24-12-6-2-1-5-11(12)23-17/h1-10H,(H2,19,21)(H2,20,22). The molecule has 4 rings (SSSR count). The summed E-state index contributed by atoms with van der Waals surface area (Å²) in [4.78, 5) is 17.0. The van der Waals surface area contributed by atoms with Crippen LogP contribution in [0.5, 0.6) is 23.3 Å². The lowest BCUT2D eigenvalue weighted by Gasteiger charge is -2.12. The number of aromatic nitrogens is 4. The molecule has 128 valence electrons. The second-order valence-electron chi connectivity index (χ2n) is 5.30. The smallest absolute Gasteiger partial charge is 0.284 e. The average Bonchev–Trinajstić information content (AvgIpc) is 2.66. The molecule has 0 fully saturated rings. The Balaban J connectivity index is 1.81. The first-order chi connectivity index (χ1) is 12.7. The monoisotopic (exact) mass is 346 g/mol. The lowest BCUT2D eigenvalue weighted by Crippen LogP contribution is -2.01. The maximum absolute atomic E-state index is 5.85. The molecule has 0 aliphatic rings. The SMILES string of the molecule is Nc1ncccc1Oc1nc2ccccc2nc1Oc1cccnc1N. The molecule has 0 amide bonds. The van der Waals surface area contributed by atoms with Crippen LogP contribution in [0.15, 0.2) is 60.9 Å². The fourth-order valence-electron chi connectivity index (χ4n) is 2.29. The molecule has 0 spiro atoms. The molecular formula is C18H14N6O2. The summed E-state index contributed by atoms with van der Waals surface area (Å²) in [6.45, 7) is 0. The Morgan fingerprint density at radius 3 is 1.50 bits per heavy atom. The molecule has 4 aromatic rings. The summed E-state index contributed by atoms with van der Waals surface area (Å²) in [6.07, 6.45) is 3.14. The Kier molecular flexibility index (Phi) is 3.91. The van der Waals surface area contributed by atoms with Crippen LogP contribution in [0.4, 0.5) is 11.6 Å². The molecule has 8 nitrogen and oxygen atoms in total. The maximum atomic E-state index is 5.85. The topological polar surface area (TPSA) is 122 Å². The third-order valence-electron chi connectivity index (χ3n) is 3.52. The van der Waals surface area contributed by atoms with E-state index >= 15 is 0 Å². The number of nitrogen functional groups attached to an aromatic ring is 2. The van der Waals surface area contributed by atoms with Gasteiger partial charge >= 0.3 is 0 Å². The summed E-state index contributed by atoms with van der Waals surface area (Å²) in [5.74, 6) is 1.45. The van der Waals surface area contributed by atoms with Crippen LogP contribution in [-0.2, 0) is 0 Å². The fourth-order valence-corrected chi connectivity index (χ4v) is 2.29. The fraction of sp³-hybridized carbons (Fsp3) is 0. The van der Waals surface area contributed by atoms with Gasteiger partial charge in [-0.2, -0.15) is 0 Å². The first kappa shape index (κ1) is 15.6. The second kappa shape index (κ2) is 6.52. The van der Waals surface area contributed by atoms with Crippen LogP contribution in [0.2, 0.25) is 0 Å². The van der Waals surface area contributed by atoms with Gasteiger partial charge in [0.25, 0.3) is 11.8 Å². The summed E-state index contributed by atoms with van der Waals surface area (Å²) in [5.41, 5.74) is 13.0. The predicted molar refractivity (Wildman–Crippen MR) is 97.0 cm³/mol. The van der Waals surface area contributed by atoms with Crippen LogP contribution in [0.25, 0.3) is 11.0 Å². The van der Waals surface area contributed by atoms with Crippen LogP contribution in [-0.4, -0.2) is 19.9 Å². The first-order valence-electron chi connectivity index (χ1n) is 7.74. The highest BCUT2D eigenvalue weighted by atomic mass is 16.5. The Hall–Kier alpha value is -3.94. The molecule has 0 unspecified atom stereocenters. The van der Waals surface area contributed by atoms with Crippen LogP contribution >= 0.6 is 0 Å². The lowest BCUT2D eigenvalue weighted by atomic mass is 10.3. The highest BCUT2D eigenvalue weighted by Gasteiger charge is 2.16. The average molecular weight is 346 g/mol.